The van der Waals surface area contributed by atoms with Crippen molar-refractivity contribution >= 4 is 23.2 Å². The first-order chi connectivity index (χ1) is 17.1. The van der Waals surface area contributed by atoms with Gasteiger partial charge >= 0.3 is 6.18 Å². The van der Waals surface area contributed by atoms with Gasteiger partial charge in [-0.25, -0.2) is 0 Å². The number of carbonyl (C=O) groups excluding carboxylic acids is 2. The molecule has 0 saturated carbocycles. The Kier molecular flexibility index (Phi) is 6.92. The molecular formula is C29H23F3N2O2. The monoisotopic (exact) mass is 488 g/mol. The number of hydrogen-bond donors (Lipinski definition) is 1. The van der Waals surface area contributed by atoms with Crippen molar-refractivity contribution in [1.29, 1.82) is 0 Å². The summed E-state index contributed by atoms with van der Waals surface area (Å²) in [5.41, 5.74) is 2.81. The van der Waals surface area contributed by atoms with E-state index >= 15 is 0 Å². The largest absolute Gasteiger partial charge is 0.418 e. The number of nitrogens with zero attached hydrogens (tertiary/aromatic N) is 1. The van der Waals surface area contributed by atoms with Crippen molar-refractivity contribution < 1.29 is 22.8 Å². The number of nitrogens with one attached hydrogen (secondary N) is 1. The molecule has 0 saturated heterocycles. The molecule has 182 valence electrons. The van der Waals surface area contributed by atoms with Crippen LogP contribution in [0.3, 0.4) is 0 Å². The number of amides is 2. The van der Waals surface area contributed by atoms with Gasteiger partial charge in [0.1, 0.15) is 0 Å². The van der Waals surface area contributed by atoms with Gasteiger partial charge in [-0.05, 0) is 60.5 Å². The summed E-state index contributed by atoms with van der Waals surface area (Å²) in [7, 11) is 1.30. The molecule has 0 aromatic heterocycles. The zero-order valence-electron chi connectivity index (χ0n) is 19.6. The topological polar surface area (TPSA) is 49.4 Å². The molecular weight excluding hydrogens is 465 g/mol. The molecule has 0 aliphatic carbocycles. The Morgan fingerprint density at radius 3 is 2.06 bits per heavy atom. The maximum Gasteiger partial charge on any atom is 0.418 e. The number of rotatable bonds is 5. The van der Waals surface area contributed by atoms with Crippen molar-refractivity contribution in [1.82, 2.24) is 0 Å². The number of para-hydroxylation sites is 1. The second-order valence-electron chi connectivity index (χ2n) is 8.32. The molecule has 0 atom stereocenters. The fourth-order valence-electron chi connectivity index (χ4n) is 3.87. The van der Waals surface area contributed by atoms with Gasteiger partial charge in [-0.2, -0.15) is 13.2 Å². The zero-order valence-corrected chi connectivity index (χ0v) is 19.6. The second-order valence-corrected chi connectivity index (χ2v) is 8.32. The predicted octanol–water partition coefficient (Wildman–Crippen LogP) is 7.21. The van der Waals surface area contributed by atoms with Crippen LogP contribution in [0.1, 0.15) is 31.8 Å². The molecule has 4 nitrogen and oxygen atoms in total. The average molecular weight is 489 g/mol. The fourth-order valence-corrected chi connectivity index (χ4v) is 3.87. The van der Waals surface area contributed by atoms with Crippen LogP contribution in [0.5, 0.6) is 0 Å². The molecule has 0 unspecified atom stereocenters. The van der Waals surface area contributed by atoms with Crippen LogP contribution >= 0.6 is 0 Å². The van der Waals surface area contributed by atoms with Crippen LogP contribution in [0, 0.1) is 6.92 Å². The summed E-state index contributed by atoms with van der Waals surface area (Å²) in [5.74, 6) is -0.921. The number of alkyl halides is 3. The van der Waals surface area contributed by atoms with E-state index in [9.17, 15) is 22.8 Å². The molecule has 2 amide bonds. The highest BCUT2D eigenvalue weighted by atomic mass is 19.4. The summed E-state index contributed by atoms with van der Waals surface area (Å²) in [4.78, 5) is 26.9. The van der Waals surface area contributed by atoms with Crippen molar-refractivity contribution in [3.05, 3.63) is 119 Å². The molecule has 0 heterocycles. The van der Waals surface area contributed by atoms with Crippen molar-refractivity contribution in [2.24, 2.45) is 0 Å². The minimum Gasteiger partial charge on any atom is -0.322 e. The van der Waals surface area contributed by atoms with Crippen molar-refractivity contribution in [2.45, 2.75) is 13.1 Å². The van der Waals surface area contributed by atoms with E-state index in [4.69, 9.17) is 0 Å². The molecule has 0 radical (unpaired) electrons. The number of benzene rings is 4. The standard InChI is InChI=1S/C29H23F3N2O2/c1-19-11-13-20(14-12-19)23-7-3-4-8-24(23)27(35)33-22-17-15-21(16-18-22)28(36)34(2)26-10-6-5-9-25(26)29(30,31)32/h3-18H,1-2H3,(H,33,35). The lowest BCUT2D eigenvalue weighted by atomic mass is 9.98. The summed E-state index contributed by atoms with van der Waals surface area (Å²) in [6, 6.07) is 26.0. The van der Waals surface area contributed by atoms with Crippen LogP contribution in [0.15, 0.2) is 97.1 Å². The quantitative estimate of drug-likeness (QED) is 0.323. The molecule has 0 fully saturated rings. The Bertz CT molecular complexity index is 1400. The van der Waals surface area contributed by atoms with Crippen molar-refractivity contribution in [2.75, 3.05) is 17.3 Å². The SMILES string of the molecule is Cc1ccc(-c2ccccc2C(=O)Nc2ccc(C(=O)N(C)c3ccccc3C(F)(F)F)cc2)cc1. The Morgan fingerprint density at radius 2 is 1.39 bits per heavy atom. The van der Waals surface area contributed by atoms with Crippen LogP contribution in [-0.4, -0.2) is 18.9 Å². The molecule has 4 rings (SSSR count). The van der Waals surface area contributed by atoms with Crippen LogP contribution in [0.2, 0.25) is 0 Å². The smallest absolute Gasteiger partial charge is 0.322 e. The van der Waals surface area contributed by atoms with Crippen LogP contribution in [0.4, 0.5) is 24.5 Å². The Labute approximate surface area is 207 Å². The third-order valence-corrected chi connectivity index (χ3v) is 5.80. The van der Waals surface area contributed by atoms with E-state index in [-0.39, 0.29) is 17.2 Å². The maximum absolute atomic E-state index is 13.4. The average Bonchev–Trinajstić information content (AvgIpc) is 2.88. The minimum atomic E-state index is -4.59. The zero-order chi connectivity index (χ0) is 25.9. The first kappa shape index (κ1) is 24.7. The van der Waals surface area contributed by atoms with E-state index in [1.165, 1.54) is 37.4 Å². The third kappa shape index (κ3) is 5.30. The Hall–Kier alpha value is -4.39. The molecule has 36 heavy (non-hydrogen) atoms. The number of carbonyl (C=O) groups is 2. The van der Waals surface area contributed by atoms with E-state index < -0.39 is 17.6 Å². The first-order valence-corrected chi connectivity index (χ1v) is 11.2. The van der Waals surface area contributed by atoms with Crippen LogP contribution < -0.4 is 10.2 Å². The highest BCUT2D eigenvalue weighted by molar-refractivity contribution is 6.09. The predicted molar refractivity (Wildman–Crippen MR) is 135 cm³/mol. The second kappa shape index (κ2) is 10.1. The lowest BCUT2D eigenvalue weighted by Gasteiger charge is -2.22. The van der Waals surface area contributed by atoms with E-state index in [0.29, 0.717) is 11.3 Å². The van der Waals surface area contributed by atoms with Crippen molar-refractivity contribution in [3.8, 4) is 11.1 Å². The highest BCUT2D eigenvalue weighted by Gasteiger charge is 2.35. The van der Waals surface area contributed by atoms with E-state index in [1.807, 2.05) is 43.3 Å². The Balaban J connectivity index is 1.52. The number of anilines is 2. The van der Waals surface area contributed by atoms with Crippen LogP contribution in [-0.2, 0) is 6.18 Å². The van der Waals surface area contributed by atoms with Gasteiger partial charge in [-0.15, -0.1) is 0 Å². The lowest BCUT2D eigenvalue weighted by molar-refractivity contribution is -0.137. The van der Waals surface area contributed by atoms with Gasteiger partial charge in [0.25, 0.3) is 11.8 Å². The van der Waals surface area contributed by atoms with Gasteiger partial charge in [-0.1, -0.05) is 60.2 Å². The van der Waals surface area contributed by atoms with Gasteiger partial charge in [0.05, 0.1) is 11.3 Å². The van der Waals surface area contributed by atoms with Crippen molar-refractivity contribution in [3.63, 3.8) is 0 Å². The molecule has 4 aromatic rings. The first-order valence-electron chi connectivity index (χ1n) is 11.2. The lowest BCUT2D eigenvalue weighted by Crippen LogP contribution is -2.28. The van der Waals surface area contributed by atoms with E-state index in [1.54, 1.807) is 24.3 Å². The summed E-state index contributed by atoms with van der Waals surface area (Å²) >= 11 is 0. The number of hydrogen-bond acceptors (Lipinski definition) is 2. The summed E-state index contributed by atoms with van der Waals surface area (Å²) < 4.78 is 40.1. The van der Waals surface area contributed by atoms with Gasteiger partial charge in [0, 0.05) is 23.9 Å². The molecule has 4 aromatic carbocycles. The number of halogens is 3. The van der Waals surface area contributed by atoms with Gasteiger partial charge in [0.15, 0.2) is 0 Å². The molecule has 0 spiro atoms. The third-order valence-electron chi connectivity index (χ3n) is 5.80. The van der Waals surface area contributed by atoms with Crippen LogP contribution in [0.25, 0.3) is 11.1 Å². The summed E-state index contributed by atoms with van der Waals surface area (Å²) in [5, 5.41) is 2.82. The number of aryl methyl sites for hydroxylation is 1. The fraction of sp³-hybridized carbons (Fsp3) is 0.103. The normalized spacial score (nSPS) is 11.1. The minimum absolute atomic E-state index is 0.188. The van der Waals surface area contributed by atoms with Gasteiger partial charge in [0.2, 0.25) is 0 Å². The maximum atomic E-state index is 13.4. The molecule has 0 aliphatic heterocycles. The molecule has 1 N–H and O–H groups in total. The van der Waals surface area contributed by atoms with Gasteiger partial charge in [-0.3, -0.25) is 9.59 Å². The summed E-state index contributed by atoms with van der Waals surface area (Å²) in [6.45, 7) is 1.99. The summed E-state index contributed by atoms with van der Waals surface area (Å²) in [6.07, 6.45) is -4.59. The molecule has 7 heteroatoms. The van der Waals surface area contributed by atoms with E-state index in [0.717, 1.165) is 27.7 Å². The highest BCUT2D eigenvalue weighted by Crippen LogP contribution is 2.36. The van der Waals surface area contributed by atoms with Gasteiger partial charge < -0.3 is 10.2 Å². The van der Waals surface area contributed by atoms with E-state index in [2.05, 4.69) is 5.32 Å². The molecule has 0 bridgehead atoms. The molecule has 0 aliphatic rings. The Morgan fingerprint density at radius 1 is 0.778 bits per heavy atom.